The van der Waals surface area contributed by atoms with Gasteiger partial charge in [-0.1, -0.05) is 66.7 Å². The van der Waals surface area contributed by atoms with Crippen molar-refractivity contribution in [3.63, 3.8) is 0 Å². The average Bonchev–Trinajstić information content (AvgIpc) is 3.23. The number of benzene rings is 4. The molecular formula is C32H31N3O4. The molecule has 0 unspecified atom stereocenters. The molecule has 0 saturated carbocycles. The van der Waals surface area contributed by atoms with E-state index in [1.165, 1.54) is 4.90 Å². The van der Waals surface area contributed by atoms with Crippen LogP contribution in [-0.4, -0.2) is 48.9 Å². The molecule has 1 aliphatic rings. The Kier molecular flexibility index (Phi) is 7.59. The van der Waals surface area contributed by atoms with Gasteiger partial charge in [0.1, 0.15) is 18.3 Å². The van der Waals surface area contributed by atoms with Gasteiger partial charge in [-0.3, -0.25) is 19.3 Å². The van der Waals surface area contributed by atoms with Crippen LogP contribution in [0.25, 0.3) is 10.8 Å². The third-order valence-corrected chi connectivity index (χ3v) is 7.05. The minimum atomic E-state index is -0.776. The van der Waals surface area contributed by atoms with Crippen LogP contribution in [0.1, 0.15) is 28.4 Å². The van der Waals surface area contributed by atoms with Crippen molar-refractivity contribution in [2.24, 2.45) is 0 Å². The zero-order chi connectivity index (χ0) is 27.4. The van der Waals surface area contributed by atoms with E-state index in [1.807, 2.05) is 91.9 Å². The number of carbonyl (C=O) groups is 3. The fourth-order valence-electron chi connectivity index (χ4n) is 5.18. The van der Waals surface area contributed by atoms with Crippen LogP contribution in [0.4, 0.5) is 5.69 Å². The lowest BCUT2D eigenvalue weighted by molar-refractivity contribution is -0.140. The fourth-order valence-corrected chi connectivity index (χ4v) is 5.18. The first-order valence-corrected chi connectivity index (χ1v) is 13.1. The van der Waals surface area contributed by atoms with Crippen molar-refractivity contribution >= 4 is 34.2 Å². The van der Waals surface area contributed by atoms with Crippen molar-refractivity contribution in [3.8, 4) is 5.75 Å². The van der Waals surface area contributed by atoms with Crippen LogP contribution < -0.4 is 15.0 Å². The van der Waals surface area contributed by atoms with Crippen molar-refractivity contribution in [1.82, 2.24) is 10.2 Å². The molecular weight excluding hydrogens is 490 g/mol. The molecule has 0 radical (unpaired) electrons. The van der Waals surface area contributed by atoms with Gasteiger partial charge in [0.05, 0.1) is 12.8 Å². The maximum absolute atomic E-state index is 14.1. The summed E-state index contributed by atoms with van der Waals surface area (Å²) in [6.45, 7) is 2.30. The van der Waals surface area contributed by atoms with Crippen LogP contribution in [-0.2, 0) is 22.6 Å². The van der Waals surface area contributed by atoms with Crippen LogP contribution in [0.3, 0.4) is 0 Å². The topological polar surface area (TPSA) is 79.0 Å². The van der Waals surface area contributed by atoms with Gasteiger partial charge in [0.2, 0.25) is 11.8 Å². The Labute approximate surface area is 228 Å². The van der Waals surface area contributed by atoms with Gasteiger partial charge >= 0.3 is 0 Å². The SMILES string of the molecule is CCNC(=O)[C@@H](Cc1ccccc1)N(Cc1cccc(OC)c1)C(=O)CN1C(=O)c2cccc3cccc1c23. The molecule has 4 aromatic rings. The smallest absolute Gasteiger partial charge is 0.259 e. The number of anilines is 1. The first kappa shape index (κ1) is 26.0. The number of nitrogens with zero attached hydrogens (tertiary/aromatic N) is 2. The molecule has 3 amide bonds. The van der Waals surface area contributed by atoms with Gasteiger partial charge in [-0.2, -0.15) is 0 Å². The third-order valence-electron chi connectivity index (χ3n) is 7.05. The molecule has 0 saturated heterocycles. The predicted molar refractivity (Wildman–Crippen MR) is 152 cm³/mol. The number of hydrogen-bond acceptors (Lipinski definition) is 4. The van der Waals surface area contributed by atoms with Crippen molar-refractivity contribution in [2.45, 2.75) is 25.9 Å². The minimum Gasteiger partial charge on any atom is -0.497 e. The highest BCUT2D eigenvalue weighted by molar-refractivity contribution is 6.26. The summed E-state index contributed by atoms with van der Waals surface area (Å²) in [6.07, 6.45) is 0.339. The van der Waals surface area contributed by atoms with Crippen LogP contribution in [0, 0.1) is 0 Å². The second kappa shape index (κ2) is 11.4. The van der Waals surface area contributed by atoms with E-state index in [0.717, 1.165) is 21.9 Å². The molecule has 0 bridgehead atoms. The standard InChI is InChI=1S/C32H31N3O4/c1-3-33-31(37)28(19-22-10-5-4-6-11-22)34(20-23-12-7-15-25(18-23)39-2)29(36)21-35-27-17-9-14-24-13-8-16-26(30(24)27)32(35)38/h4-18,28H,3,19-21H2,1-2H3,(H,33,37)/t28-/m1/s1. The monoisotopic (exact) mass is 521 g/mol. The summed E-state index contributed by atoms with van der Waals surface area (Å²) in [7, 11) is 1.59. The Morgan fingerprint density at radius 3 is 2.38 bits per heavy atom. The zero-order valence-corrected chi connectivity index (χ0v) is 22.1. The third kappa shape index (κ3) is 5.34. The quantitative estimate of drug-likeness (QED) is 0.331. The molecule has 1 heterocycles. The van der Waals surface area contributed by atoms with Crippen LogP contribution >= 0.6 is 0 Å². The highest BCUT2D eigenvalue weighted by Gasteiger charge is 2.35. The van der Waals surface area contributed by atoms with Crippen molar-refractivity contribution in [2.75, 3.05) is 25.1 Å². The lowest BCUT2D eigenvalue weighted by atomic mass is 10.0. The highest BCUT2D eigenvalue weighted by atomic mass is 16.5. The Hall–Kier alpha value is -4.65. The molecule has 7 nitrogen and oxygen atoms in total. The molecule has 198 valence electrons. The summed E-state index contributed by atoms with van der Waals surface area (Å²) in [5.74, 6) is -0.109. The van der Waals surface area contributed by atoms with Gasteiger partial charge in [-0.25, -0.2) is 0 Å². The molecule has 1 atom stereocenters. The molecule has 1 N–H and O–H groups in total. The van der Waals surface area contributed by atoms with E-state index in [9.17, 15) is 14.4 Å². The van der Waals surface area contributed by atoms with E-state index in [-0.39, 0.29) is 30.8 Å². The Bertz CT molecular complexity index is 1510. The largest absolute Gasteiger partial charge is 0.497 e. The summed E-state index contributed by atoms with van der Waals surface area (Å²) < 4.78 is 5.39. The Morgan fingerprint density at radius 1 is 0.923 bits per heavy atom. The lowest BCUT2D eigenvalue weighted by Gasteiger charge is -2.33. The van der Waals surface area contributed by atoms with Gasteiger partial charge in [-0.15, -0.1) is 0 Å². The van der Waals surface area contributed by atoms with Crippen LogP contribution in [0.5, 0.6) is 5.75 Å². The zero-order valence-electron chi connectivity index (χ0n) is 22.1. The Morgan fingerprint density at radius 2 is 1.64 bits per heavy atom. The number of nitrogens with one attached hydrogen (secondary N) is 1. The van der Waals surface area contributed by atoms with Crippen molar-refractivity contribution in [1.29, 1.82) is 0 Å². The van der Waals surface area contributed by atoms with Gasteiger partial charge in [0.25, 0.3) is 5.91 Å². The van der Waals surface area contributed by atoms with Crippen molar-refractivity contribution in [3.05, 3.63) is 108 Å². The summed E-state index contributed by atoms with van der Waals surface area (Å²) in [5, 5.41) is 4.70. The number of amides is 3. The predicted octanol–water partition coefficient (Wildman–Crippen LogP) is 4.58. The normalized spacial score (nSPS) is 12.9. The number of carbonyl (C=O) groups excluding carboxylic acids is 3. The number of hydrogen-bond donors (Lipinski definition) is 1. The second-order valence-electron chi connectivity index (χ2n) is 9.55. The van der Waals surface area contributed by atoms with Crippen LogP contribution in [0.15, 0.2) is 91.0 Å². The molecule has 0 aliphatic carbocycles. The van der Waals surface area contributed by atoms with E-state index in [4.69, 9.17) is 4.74 Å². The van der Waals surface area contributed by atoms with Gasteiger partial charge in [0, 0.05) is 30.5 Å². The number of rotatable bonds is 10. The second-order valence-corrected chi connectivity index (χ2v) is 9.55. The maximum atomic E-state index is 14.1. The van der Waals surface area contributed by atoms with E-state index < -0.39 is 6.04 Å². The van der Waals surface area contributed by atoms with E-state index in [0.29, 0.717) is 30.0 Å². The lowest BCUT2D eigenvalue weighted by Crippen LogP contribution is -2.53. The summed E-state index contributed by atoms with van der Waals surface area (Å²) in [5.41, 5.74) is 3.05. The van der Waals surface area contributed by atoms with Crippen molar-refractivity contribution < 1.29 is 19.1 Å². The molecule has 5 rings (SSSR count). The summed E-state index contributed by atoms with van der Waals surface area (Å²) in [6, 6.07) is 27.6. The maximum Gasteiger partial charge on any atom is 0.259 e. The van der Waals surface area contributed by atoms with Crippen LogP contribution in [0.2, 0.25) is 0 Å². The minimum absolute atomic E-state index is 0.179. The molecule has 0 aromatic heterocycles. The Balaban J connectivity index is 1.51. The molecule has 0 spiro atoms. The average molecular weight is 522 g/mol. The summed E-state index contributed by atoms with van der Waals surface area (Å²) in [4.78, 5) is 44.1. The van der Waals surface area contributed by atoms with Gasteiger partial charge in [0.15, 0.2) is 0 Å². The number of ether oxygens (including phenoxy) is 1. The molecule has 7 heteroatoms. The van der Waals surface area contributed by atoms with Gasteiger partial charge in [-0.05, 0) is 47.7 Å². The van der Waals surface area contributed by atoms with E-state index in [2.05, 4.69) is 5.32 Å². The molecule has 39 heavy (non-hydrogen) atoms. The highest BCUT2D eigenvalue weighted by Crippen LogP contribution is 2.37. The molecule has 1 aliphatic heterocycles. The first-order valence-electron chi connectivity index (χ1n) is 13.1. The fraction of sp³-hybridized carbons (Fsp3) is 0.219. The number of methoxy groups -OCH3 is 1. The van der Waals surface area contributed by atoms with E-state index in [1.54, 1.807) is 18.1 Å². The molecule has 0 fully saturated rings. The van der Waals surface area contributed by atoms with Gasteiger partial charge < -0.3 is 15.0 Å². The summed E-state index contributed by atoms with van der Waals surface area (Å²) >= 11 is 0. The molecule has 4 aromatic carbocycles. The van der Waals surface area contributed by atoms with E-state index >= 15 is 0 Å². The number of likely N-dealkylation sites (N-methyl/N-ethyl adjacent to an activating group) is 1. The first-order chi connectivity index (χ1) is 19.0.